The van der Waals surface area contributed by atoms with Gasteiger partial charge in [-0.25, -0.2) is 13.6 Å². The van der Waals surface area contributed by atoms with Crippen LogP contribution in [0.1, 0.15) is 24.0 Å². The topological polar surface area (TPSA) is 98.1 Å². The lowest BCUT2D eigenvalue weighted by molar-refractivity contribution is -0.136. The van der Waals surface area contributed by atoms with Gasteiger partial charge < -0.3 is 10.5 Å². The monoisotopic (exact) mass is 465 g/mol. The molecule has 1 atom stereocenters. The molecular formula is C24H17F2N3O3S. The Labute approximate surface area is 190 Å². The number of carbonyl (C=O) groups excluding carboxylic acids is 1. The molecule has 33 heavy (non-hydrogen) atoms. The van der Waals surface area contributed by atoms with E-state index in [0.29, 0.717) is 11.1 Å². The highest BCUT2D eigenvalue weighted by Gasteiger charge is 2.36. The smallest absolute Gasteiger partial charge is 0.338 e. The number of rotatable bonds is 4. The van der Waals surface area contributed by atoms with Crippen molar-refractivity contribution in [3.63, 3.8) is 0 Å². The van der Waals surface area contributed by atoms with Crippen LogP contribution in [-0.4, -0.2) is 17.1 Å². The number of carbonyl (C=O) groups is 1. The zero-order chi connectivity index (χ0) is 23.7. The van der Waals surface area contributed by atoms with Crippen LogP contribution in [0.3, 0.4) is 0 Å². The van der Waals surface area contributed by atoms with E-state index in [4.69, 9.17) is 10.5 Å². The van der Waals surface area contributed by atoms with E-state index in [1.807, 2.05) is 6.07 Å². The summed E-state index contributed by atoms with van der Waals surface area (Å²) in [7, 11) is 0. The number of halogens is 2. The fraction of sp³-hybridized carbons (Fsp3) is 0.125. The van der Waals surface area contributed by atoms with Crippen molar-refractivity contribution >= 4 is 34.8 Å². The molecule has 0 unspecified atom stereocenters. The van der Waals surface area contributed by atoms with E-state index in [2.05, 4.69) is 0 Å². The SMILES string of the molecule is CCOC(=O)C1=c2s/c(=C/c3ccc(F)cc3)c(=O)n2C(N)=C(C#N)[C@H]1c1ccc(F)cc1. The average molecular weight is 465 g/mol. The van der Waals surface area contributed by atoms with Crippen LogP contribution in [0, 0.1) is 23.0 Å². The minimum absolute atomic E-state index is 0.0228. The Kier molecular flexibility index (Phi) is 5.94. The molecule has 0 aliphatic carbocycles. The van der Waals surface area contributed by atoms with Crippen molar-refractivity contribution < 1.29 is 18.3 Å². The molecule has 2 aromatic carbocycles. The molecule has 4 rings (SSSR count). The van der Waals surface area contributed by atoms with Crippen LogP contribution in [0.15, 0.2) is 58.9 Å². The van der Waals surface area contributed by atoms with Gasteiger partial charge in [-0.15, -0.1) is 11.3 Å². The number of benzene rings is 2. The summed E-state index contributed by atoms with van der Waals surface area (Å²) in [4.78, 5) is 26.2. The van der Waals surface area contributed by atoms with Crippen LogP contribution in [-0.2, 0) is 9.53 Å². The average Bonchev–Trinajstić information content (AvgIpc) is 3.11. The Morgan fingerprint density at radius 3 is 2.36 bits per heavy atom. The Morgan fingerprint density at radius 2 is 1.79 bits per heavy atom. The quantitative estimate of drug-likeness (QED) is 0.596. The molecule has 0 saturated carbocycles. The lowest BCUT2D eigenvalue weighted by Crippen LogP contribution is -2.40. The van der Waals surface area contributed by atoms with Crippen molar-refractivity contribution in [1.82, 2.24) is 4.57 Å². The second-order valence-electron chi connectivity index (χ2n) is 7.14. The predicted octanol–water partition coefficient (Wildman–Crippen LogP) is 2.18. The molecular weight excluding hydrogens is 448 g/mol. The predicted molar refractivity (Wildman–Crippen MR) is 120 cm³/mol. The first-order chi connectivity index (χ1) is 15.8. The maximum Gasteiger partial charge on any atom is 0.338 e. The van der Waals surface area contributed by atoms with E-state index in [0.717, 1.165) is 15.9 Å². The van der Waals surface area contributed by atoms with Crippen molar-refractivity contribution in [3.05, 3.63) is 96.4 Å². The third kappa shape index (κ3) is 3.97. The number of nitrogens with zero attached hydrogens (tertiary/aromatic N) is 2. The number of nitriles is 1. The first-order valence-electron chi connectivity index (χ1n) is 9.91. The van der Waals surface area contributed by atoms with Crippen molar-refractivity contribution in [2.75, 3.05) is 6.61 Å². The molecule has 2 N–H and O–H groups in total. The van der Waals surface area contributed by atoms with Gasteiger partial charge in [0.15, 0.2) is 0 Å². The number of hydrogen-bond acceptors (Lipinski definition) is 6. The van der Waals surface area contributed by atoms with Crippen molar-refractivity contribution in [1.29, 1.82) is 5.26 Å². The molecule has 166 valence electrons. The molecule has 9 heteroatoms. The lowest BCUT2D eigenvalue weighted by Gasteiger charge is -2.24. The maximum atomic E-state index is 13.5. The van der Waals surface area contributed by atoms with E-state index < -0.39 is 29.1 Å². The molecule has 0 radical (unpaired) electrons. The second-order valence-corrected chi connectivity index (χ2v) is 8.17. The molecule has 3 aromatic rings. The summed E-state index contributed by atoms with van der Waals surface area (Å²) < 4.78 is 33.6. The number of hydrogen-bond donors (Lipinski definition) is 1. The first-order valence-corrected chi connectivity index (χ1v) is 10.7. The zero-order valence-electron chi connectivity index (χ0n) is 17.3. The minimum Gasteiger partial charge on any atom is -0.463 e. The Balaban J connectivity index is 2.08. The van der Waals surface area contributed by atoms with Crippen LogP contribution in [0.4, 0.5) is 8.78 Å². The van der Waals surface area contributed by atoms with Gasteiger partial charge in [-0.2, -0.15) is 5.26 Å². The first kappa shape index (κ1) is 22.2. The molecule has 0 amide bonds. The highest BCUT2D eigenvalue weighted by atomic mass is 32.1. The number of ether oxygens (including phenoxy) is 1. The van der Waals surface area contributed by atoms with Crippen LogP contribution in [0.2, 0.25) is 0 Å². The van der Waals surface area contributed by atoms with Gasteiger partial charge in [0.05, 0.1) is 34.3 Å². The van der Waals surface area contributed by atoms with Crippen LogP contribution < -0.4 is 20.5 Å². The summed E-state index contributed by atoms with van der Waals surface area (Å²) in [5, 5.41) is 9.88. The molecule has 1 aliphatic rings. The van der Waals surface area contributed by atoms with Gasteiger partial charge in [0.1, 0.15) is 22.1 Å². The van der Waals surface area contributed by atoms with Crippen molar-refractivity contribution in [3.8, 4) is 6.07 Å². The molecule has 6 nitrogen and oxygen atoms in total. The molecule has 2 heterocycles. The highest BCUT2D eigenvalue weighted by Crippen LogP contribution is 2.36. The molecule has 0 spiro atoms. The van der Waals surface area contributed by atoms with E-state index in [1.165, 1.54) is 48.5 Å². The number of esters is 1. The van der Waals surface area contributed by atoms with Crippen LogP contribution in [0.5, 0.6) is 0 Å². The summed E-state index contributed by atoms with van der Waals surface area (Å²) in [5.41, 5.74) is 6.79. The van der Waals surface area contributed by atoms with Crippen LogP contribution >= 0.6 is 11.3 Å². The summed E-state index contributed by atoms with van der Waals surface area (Å²) in [6.45, 7) is 1.71. The highest BCUT2D eigenvalue weighted by molar-refractivity contribution is 7.07. The zero-order valence-corrected chi connectivity index (χ0v) is 18.2. The van der Waals surface area contributed by atoms with Gasteiger partial charge in [0, 0.05) is 0 Å². The number of aromatic nitrogens is 1. The third-order valence-corrected chi connectivity index (χ3v) is 6.24. The molecule has 0 fully saturated rings. The fourth-order valence-corrected chi connectivity index (χ4v) is 4.82. The number of thiazole rings is 1. The summed E-state index contributed by atoms with van der Waals surface area (Å²) in [6.07, 6.45) is 1.55. The van der Waals surface area contributed by atoms with Crippen molar-refractivity contribution in [2.45, 2.75) is 12.8 Å². The maximum absolute atomic E-state index is 13.5. The summed E-state index contributed by atoms with van der Waals surface area (Å²) in [6, 6.07) is 12.9. The largest absolute Gasteiger partial charge is 0.463 e. The van der Waals surface area contributed by atoms with Gasteiger partial charge in [-0.1, -0.05) is 24.3 Å². The van der Waals surface area contributed by atoms with Gasteiger partial charge in [0.25, 0.3) is 5.56 Å². The van der Waals surface area contributed by atoms with Gasteiger partial charge in [0.2, 0.25) is 0 Å². The van der Waals surface area contributed by atoms with E-state index in [9.17, 15) is 23.6 Å². The lowest BCUT2D eigenvalue weighted by atomic mass is 9.84. The Hall–Kier alpha value is -4.03. The number of fused-ring (bicyclic) bond motifs is 1. The van der Waals surface area contributed by atoms with Crippen LogP contribution in [0.25, 0.3) is 17.5 Å². The van der Waals surface area contributed by atoms with E-state index >= 15 is 0 Å². The molecule has 1 aliphatic heterocycles. The summed E-state index contributed by atoms with van der Waals surface area (Å²) >= 11 is 1.01. The van der Waals surface area contributed by atoms with Gasteiger partial charge >= 0.3 is 5.97 Å². The number of allylic oxidation sites excluding steroid dienone is 1. The normalized spacial score (nSPS) is 15.9. The van der Waals surface area contributed by atoms with Gasteiger partial charge in [-0.3, -0.25) is 9.36 Å². The van der Waals surface area contributed by atoms with Crippen molar-refractivity contribution in [2.24, 2.45) is 5.73 Å². The Bertz CT molecular complexity index is 1490. The standard InChI is InChI=1S/C24H17F2N3O3S/c1-2-32-24(31)20-19(14-5-9-16(26)10-6-14)17(12-27)21(28)29-22(30)18(33-23(20)29)11-13-3-7-15(25)8-4-13/h3-11,19H,2,28H2,1H3/b18-11+/t19-/m1/s1. The van der Waals surface area contributed by atoms with E-state index in [1.54, 1.807) is 13.0 Å². The van der Waals surface area contributed by atoms with E-state index in [-0.39, 0.29) is 32.8 Å². The third-order valence-electron chi connectivity index (χ3n) is 5.14. The minimum atomic E-state index is -0.939. The van der Waals surface area contributed by atoms with Gasteiger partial charge in [-0.05, 0) is 48.4 Å². The summed E-state index contributed by atoms with van der Waals surface area (Å²) in [5.74, 6) is -2.66. The molecule has 1 aromatic heterocycles. The fourth-order valence-electron chi connectivity index (χ4n) is 3.65. The Morgan fingerprint density at radius 1 is 1.18 bits per heavy atom. The molecule has 0 bridgehead atoms. The number of nitrogens with two attached hydrogens (primary N) is 1. The second kappa shape index (κ2) is 8.84. The molecule has 0 saturated heterocycles.